The highest BCUT2D eigenvalue weighted by Crippen LogP contribution is 2.32. The zero-order valence-electron chi connectivity index (χ0n) is 13.2. The van der Waals surface area contributed by atoms with E-state index >= 15 is 0 Å². The Balaban J connectivity index is 2.12. The Morgan fingerprint density at radius 2 is 2.29 bits per heavy atom. The van der Waals surface area contributed by atoms with Crippen molar-refractivity contribution in [2.24, 2.45) is 0 Å². The van der Waals surface area contributed by atoms with Crippen LogP contribution < -0.4 is 10.1 Å². The molecule has 0 saturated carbocycles. The van der Waals surface area contributed by atoms with Gasteiger partial charge in [-0.2, -0.15) is 0 Å². The summed E-state index contributed by atoms with van der Waals surface area (Å²) in [6.07, 6.45) is 4.40. The van der Waals surface area contributed by atoms with Crippen LogP contribution in [0.4, 0.5) is 0 Å². The lowest BCUT2D eigenvalue weighted by Gasteiger charge is -2.34. The monoisotopic (exact) mass is 355 g/mol. The molecule has 1 heterocycles. The van der Waals surface area contributed by atoms with E-state index in [1.54, 1.807) is 7.11 Å². The first-order valence-corrected chi connectivity index (χ1v) is 8.58. The van der Waals surface area contributed by atoms with E-state index in [1.165, 1.54) is 5.56 Å². The third kappa shape index (κ3) is 4.21. The minimum Gasteiger partial charge on any atom is -0.496 e. The lowest BCUT2D eigenvalue weighted by Crippen LogP contribution is -2.50. The predicted molar refractivity (Wildman–Crippen MR) is 90.1 cm³/mol. The van der Waals surface area contributed by atoms with Gasteiger partial charge in [0.25, 0.3) is 0 Å². The van der Waals surface area contributed by atoms with Gasteiger partial charge in [0.05, 0.1) is 17.2 Å². The molecular formula is C17H26BrNO2. The molecule has 4 heteroatoms. The third-order valence-corrected chi connectivity index (χ3v) is 4.90. The molecule has 2 unspecified atom stereocenters. The molecular weight excluding hydrogens is 330 g/mol. The van der Waals surface area contributed by atoms with Crippen LogP contribution in [0.1, 0.15) is 38.7 Å². The summed E-state index contributed by atoms with van der Waals surface area (Å²) < 4.78 is 12.4. The Bertz CT molecular complexity index is 458. The van der Waals surface area contributed by atoms with Crippen molar-refractivity contribution in [3.63, 3.8) is 0 Å². The quantitative estimate of drug-likeness (QED) is 0.803. The minimum atomic E-state index is -0.0540. The summed E-state index contributed by atoms with van der Waals surface area (Å²) in [5.41, 5.74) is 1.25. The largest absolute Gasteiger partial charge is 0.496 e. The van der Waals surface area contributed by atoms with Crippen molar-refractivity contribution in [3.05, 3.63) is 28.2 Å². The highest BCUT2D eigenvalue weighted by molar-refractivity contribution is 9.10. The van der Waals surface area contributed by atoms with Crippen molar-refractivity contribution in [3.8, 4) is 5.75 Å². The molecule has 0 bridgehead atoms. The topological polar surface area (TPSA) is 30.5 Å². The molecule has 118 valence electrons. The van der Waals surface area contributed by atoms with E-state index < -0.39 is 0 Å². The van der Waals surface area contributed by atoms with Gasteiger partial charge in [0.2, 0.25) is 0 Å². The van der Waals surface area contributed by atoms with E-state index in [0.717, 1.165) is 49.1 Å². The van der Waals surface area contributed by atoms with Crippen LogP contribution in [-0.2, 0) is 11.2 Å². The molecule has 0 spiro atoms. The zero-order chi connectivity index (χ0) is 15.3. The van der Waals surface area contributed by atoms with Gasteiger partial charge in [-0.05, 0) is 72.8 Å². The molecule has 1 aromatic carbocycles. The van der Waals surface area contributed by atoms with Crippen molar-refractivity contribution in [1.82, 2.24) is 5.32 Å². The third-order valence-electron chi connectivity index (χ3n) is 4.28. The summed E-state index contributed by atoms with van der Waals surface area (Å²) in [5, 5.41) is 3.68. The summed E-state index contributed by atoms with van der Waals surface area (Å²) in [6.45, 7) is 6.35. The van der Waals surface area contributed by atoms with Gasteiger partial charge in [-0.3, -0.25) is 0 Å². The molecule has 1 saturated heterocycles. The molecule has 1 aromatic rings. The van der Waals surface area contributed by atoms with Gasteiger partial charge in [-0.15, -0.1) is 0 Å². The van der Waals surface area contributed by atoms with E-state index in [9.17, 15) is 0 Å². The molecule has 1 aliphatic heterocycles. The normalized spacial score (nSPS) is 23.2. The molecule has 1 fully saturated rings. The fourth-order valence-corrected chi connectivity index (χ4v) is 3.56. The van der Waals surface area contributed by atoms with Gasteiger partial charge >= 0.3 is 0 Å². The summed E-state index contributed by atoms with van der Waals surface area (Å²) >= 11 is 3.57. The number of halogens is 1. The molecule has 21 heavy (non-hydrogen) atoms. The Hall–Kier alpha value is -0.580. The summed E-state index contributed by atoms with van der Waals surface area (Å²) in [6, 6.07) is 6.66. The van der Waals surface area contributed by atoms with E-state index in [0.29, 0.717) is 6.04 Å². The molecule has 2 rings (SSSR count). The van der Waals surface area contributed by atoms with Crippen LogP contribution in [0.2, 0.25) is 0 Å². The molecule has 2 atom stereocenters. The van der Waals surface area contributed by atoms with Gasteiger partial charge in [-0.25, -0.2) is 0 Å². The fourth-order valence-electron chi connectivity index (χ4n) is 2.97. The average Bonchev–Trinajstić information content (AvgIpc) is 2.91. The van der Waals surface area contributed by atoms with Crippen molar-refractivity contribution < 1.29 is 9.47 Å². The SMILES string of the molecule is CCCNC(Cc1ccc(OC)c(Br)c1)C1(C)CCCO1. The Kier molecular flexibility index (Phi) is 6.08. The Morgan fingerprint density at radius 1 is 1.48 bits per heavy atom. The molecule has 0 radical (unpaired) electrons. The first-order chi connectivity index (χ1) is 10.1. The summed E-state index contributed by atoms with van der Waals surface area (Å²) in [4.78, 5) is 0. The summed E-state index contributed by atoms with van der Waals surface area (Å²) in [7, 11) is 1.69. The van der Waals surface area contributed by atoms with Gasteiger partial charge < -0.3 is 14.8 Å². The van der Waals surface area contributed by atoms with Crippen LogP contribution in [0.15, 0.2) is 22.7 Å². The number of nitrogens with one attached hydrogen (secondary N) is 1. The highest BCUT2D eigenvalue weighted by Gasteiger charge is 2.37. The van der Waals surface area contributed by atoms with E-state index in [4.69, 9.17) is 9.47 Å². The van der Waals surface area contributed by atoms with E-state index in [2.05, 4.69) is 47.2 Å². The number of hydrogen-bond donors (Lipinski definition) is 1. The van der Waals surface area contributed by atoms with E-state index in [1.807, 2.05) is 6.07 Å². The first kappa shape index (κ1) is 16.8. The van der Waals surface area contributed by atoms with Crippen LogP contribution in [0.3, 0.4) is 0 Å². The maximum Gasteiger partial charge on any atom is 0.133 e. The number of ether oxygens (including phenoxy) is 2. The van der Waals surface area contributed by atoms with Gasteiger partial charge in [0.1, 0.15) is 5.75 Å². The Morgan fingerprint density at radius 3 is 2.86 bits per heavy atom. The second kappa shape index (κ2) is 7.61. The Labute approximate surface area is 136 Å². The molecule has 1 N–H and O–H groups in total. The smallest absolute Gasteiger partial charge is 0.133 e. The predicted octanol–water partition coefficient (Wildman–Crippen LogP) is 3.94. The fraction of sp³-hybridized carbons (Fsp3) is 0.647. The van der Waals surface area contributed by atoms with Crippen molar-refractivity contribution >= 4 is 15.9 Å². The lowest BCUT2D eigenvalue weighted by molar-refractivity contribution is -0.0114. The first-order valence-electron chi connectivity index (χ1n) is 7.79. The van der Waals surface area contributed by atoms with E-state index in [-0.39, 0.29) is 5.60 Å². The second-order valence-electron chi connectivity index (χ2n) is 5.94. The average molecular weight is 356 g/mol. The van der Waals surface area contributed by atoms with Gasteiger partial charge in [-0.1, -0.05) is 13.0 Å². The molecule has 0 amide bonds. The maximum atomic E-state index is 6.05. The van der Waals surface area contributed by atoms with Gasteiger partial charge in [0.15, 0.2) is 0 Å². The number of methoxy groups -OCH3 is 1. The maximum absolute atomic E-state index is 6.05. The van der Waals surface area contributed by atoms with Crippen LogP contribution in [0, 0.1) is 0 Å². The highest BCUT2D eigenvalue weighted by atomic mass is 79.9. The number of rotatable bonds is 7. The van der Waals surface area contributed by atoms with Crippen LogP contribution in [0.25, 0.3) is 0 Å². The van der Waals surface area contributed by atoms with Crippen LogP contribution >= 0.6 is 15.9 Å². The molecule has 1 aliphatic rings. The van der Waals surface area contributed by atoms with Crippen LogP contribution in [0.5, 0.6) is 5.75 Å². The molecule has 0 aliphatic carbocycles. The zero-order valence-corrected chi connectivity index (χ0v) is 14.8. The standard InChI is InChI=1S/C17H26BrNO2/c1-4-9-19-16(17(2)8-5-10-21-17)12-13-6-7-15(20-3)14(18)11-13/h6-7,11,16,19H,4-5,8-10,12H2,1-3H3. The number of hydrogen-bond acceptors (Lipinski definition) is 3. The van der Waals surface area contributed by atoms with Gasteiger partial charge in [0, 0.05) is 12.6 Å². The number of benzene rings is 1. The van der Waals surface area contributed by atoms with Crippen molar-refractivity contribution in [2.45, 2.75) is 51.2 Å². The van der Waals surface area contributed by atoms with Crippen molar-refractivity contribution in [2.75, 3.05) is 20.3 Å². The molecule has 3 nitrogen and oxygen atoms in total. The minimum absolute atomic E-state index is 0.0540. The second-order valence-corrected chi connectivity index (χ2v) is 6.80. The van der Waals surface area contributed by atoms with Crippen LogP contribution in [-0.4, -0.2) is 31.9 Å². The van der Waals surface area contributed by atoms with Crippen molar-refractivity contribution in [1.29, 1.82) is 0 Å². The summed E-state index contributed by atoms with van der Waals surface area (Å²) in [5.74, 6) is 0.875. The lowest BCUT2D eigenvalue weighted by atomic mass is 9.88. The molecule has 0 aromatic heterocycles.